The average molecular weight is 596 g/mol. The van der Waals surface area contributed by atoms with Crippen molar-refractivity contribution in [3.63, 3.8) is 0 Å². The average Bonchev–Trinajstić information content (AvgIpc) is 2.94. The van der Waals surface area contributed by atoms with E-state index in [9.17, 15) is 18.0 Å². The van der Waals surface area contributed by atoms with E-state index in [-0.39, 0.29) is 12.5 Å². The van der Waals surface area contributed by atoms with E-state index >= 15 is 0 Å². The highest BCUT2D eigenvalue weighted by atomic mass is 32.2. The standard InChI is InChI=1S/C32H41N3O6S/c1-7-29(31(37)33-32(2,3)4)34(21-24-13-17-27(40-5)18-14-24)30(36)22-35(42(6,38)39)26-15-19-28(20-16-26)41-23-25-11-9-8-10-12-25/h8-20,29H,7,21-23H2,1-6H3,(H,33,37)/t29-/m0/s1. The first-order valence-electron chi connectivity index (χ1n) is 13.8. The van der Waals surface area contributed by atoms with E-state index < -0.39 is 34.1 Å². The van der Waals surface area contributed by atoms with Gasteiger partial charge >= 0.3 is 0 Å². The molecule has 42 heavy (non-hydrogen) atoms. The van der Waals surface area contributed by atoms with Gasteiger partial charge in [0.15, 0.2) is 0 Å². The van der Waals surface area contributed by atoms with Crippen LogP contribution in [0, 0.1) is 0 Å². The van der Waals surface area contributed by atoms with E-state index in [0.29, 0.717) is 30.2 Å². The number of ether oxygens (including phenoxy) is 2. The van der Waals surface area contributed by atoms with E-state index in [1.807, 2.05) is 70.2 Å². The zero-order valence-corrected chi connectivity index (χ0v) is 26.0. The predicted molar refractivity (Wildman–Crippen MR) is 165 cm³/mol. The lowest BCUT2D eigenvalue weighted by molar-refractivity contribution is -0.141. The zero-order valence-electron chi connectivity index (χ0n) is 25.2. The first kappa shape index (κ1) is 32.5. The molecule has 0 saturated carbocycles. The Morgan fingerprint density at radius 3 is 2.00 bits per heavy atom. The minimum absolute atomic E-state index is 0.114. The van der Waals surface area contributed by atoms with Gasteiger partial charge in [0.1, 0.15) is 30.7 Å². The third-order valence-corrected chi connectivity index (χ3v) is 7.59. The highest BCUT2D eigenvalue weighted by molar-refractivity contribution is 7.92. The van der Waals surface area contributed by atoms with Crippen LogP contribution in [-0.2, 0) is 32.8 Å². The summed E-state index contributed by atoms with van der Waals surface area (Å²) in [5.74, 6) is 0.413. The van der Waals surface area contributed by atoms with Crippen molar-refractivity contribution >= 4 is 27.5 Å². The largest absolute Gasteiger partial charge is 0.497 e. The molecule has 3 aromatic rings. The van der Waals surface area contributed by atoms with E-state index in [1.54, 1.807) is 43.5 Å². The number of methoxy groups -OCH3 is 1. The number of nitrogens with zero attached hydrogens (tertiary/aromatic N) is 2. The van der Waals surface area contributed by atoms with Crippen LogP contribution in [0.1, 0.15) is 45.2 Å². The summed E-state index contributed by atoms with van der Waals surface area (Å²) in [6.45, 7) is 7.43. The summed E-state index contributed by atoms with van der Waals surface area (Å²) in [5, 5.41) is 2.96. The monoisotopic (exact) mass is 595 g/mol. The molecule has 0 saturated heterocycles. The molecule has 226 valence electrons. The summed E-state index contributed by atoms with van der Waals surface area (Å²) < 4.78 is 37.9. The fourth-order valence-corrected chi connectivity index (χ4v) is 5.21. The highest BCUT2D eigenvalue weighted by Crippen LogP contribution is 2.24. The van der Waals surface area contributed by atoms with Crippen LogP contribution in [0.4, 0.5) is 5.69 Å². The van der Waals surface area contributed by atoms with Crippen molar-refractivity contribution < 1.29 is 27.5 Å². The summed E-state index contributed by atoms with van der Waals surface area (Å²) in [6.07, 6.45) is 1.40. The number of hydrogen-bond acceptors (Lipinski definition) is 6. The second-order valence-corrected chi connectivity index (χ2v) is 13.0. The van der Waals surface area contributed by atoms with Gasteiger partial charge in [-0.15, -0.1) is 0 Å². The molecular weight excluding hydrogens is 554 g/mol. The lowest BCUT2D eigenvalue weighted by Gasteiger charge is -2.34. The molecule has 0 heterocycles. The lowest BCUT2D eigenvalue weighted by Crippen LogP contribution is -2.55. The van der Waals surface area contributed by atoms with Crippen molar-refractivity contribution in [2.75, 3.05) is 24.2 Å². The number of anilines is 1. The van der Waals surface area contributed by atoms with Gasteiger partial charge < -0.3 is 19.7 Å². The Balaban J connectivity index is 1.87. The maximum Gasteiger partial charge on any atom is 0.244 e. The van der Waals surface area contributed by atoms with Crippen LogP contribution in [0.3, 0.4) is 0 Å². The predicted octanol–water partition coefficient (Wildman–Crippen LogP) is 4.76. The molecule has 0 radical (unpaired) electrons. The van der Waals surface area contributed by atoms with Gasteiger partial charge in [0, 0.05) is 12.1 Å². The number of carbonyl (C=O) groups is 2. The Kier molecular flexibility index (Phi) is 11.0. The third kappa shape index (κ3) is 9.51. The topological polar surface area (TPSA) is 105 Å². The van der Waals surface area contributed by atoms with Gasteiger partial charge in [-0.1, -0.05) is 49.4 Å². The molecular formula is C32H41N3O6S. The van der Waals surface area contributed by atoms with E-state index in [1.165, 1.54) is 4.90 Å². The Morgan fingerprint density at radius 2 is 1.48 bits per heavy atom. The minimum atomic E-state index is -3.85. The fourth-order valence-electron chi connectivity index (χ4n) is 4.36. The van der Waals surface area contributed by atoms with Crippen LogP contribution in [0.5, 0.6) is 11.5 Å². The molecule has 3 aromatic carbocycles. The second kappa shape index (κ2) is 14.2. The van der Waals surface area contributed by atoms with Gasteiger partial charge in [-0.3, -0.25) is 13.9 Å². The molecule has 0 spiro atoms. The summed E-state index contributed by atoms with van der Waals surface area (Å²) in [7, 11) is -2.28. The SMILES string of the molecule is CC[C@@H](C(=O)NC(C)(C)C)N(Cc1ccc(OC)cc1)C(=O)CN(c1ccc(OCc2ccccc2)cc1)S(C)(=O)=O. The second-order valence-electron chi connectivity index (χ2n) is 11.1. The van der Waals surface area contributed by atoms with Crippen molar-refractivity contribution in [2.24, 2.45) is 0 Å². The Labute approximate surface area is 249 Å². The van der Waals surface area contributed by atoms with Gasteiger partial charge in [-0.2, -0.15) is 0 Å². The van der Waals surface area contributed by atoms with Gasteiger partial charge in [-0.25, -0.2) is 8.42 Å². The first-order chi connectivity index (χ1) is 19.8. The number of rotatable bonds is 13. The number of carbonyl (C=O) groups excluding carboxylic acids is 2. The molecule has 0 aromatic heterocycles. The van der Waals surface area contributed by atoms with Crippen LogP contribution in [0.15, 0.2) is 78.9 Å². The number of nitrogens with one attached hydrogen (secondary N) is 1. The molecule has 9 nitrogen and oxygen atoms in total. The van der Waals surface area contributed by atoms with Crippen LogP contribution in [0.25, 0.3) is 0 Å². The van der Waals surface area contributed by atoms with Crippen LogP contribution >= 0.6 is 0 Å². The van der Waals surface area contributed by atoms with E-state index in [2.05, 4.69) is 5.32 Å². The molecule has 2 amide bonds. The summed E-state index contributed by atoms with van der Waals surface area (Å²) in [4.78, 5) is 28.6. The van der Waals surface area contributed by atoms with Gasteiger partial charge in [-0.05, 0) is 74.7 Å². The summed E-state index contributed by atoms with van der Waals surface area (Å²) in [5.41, 5.74) is 1.58. The van der Waals surface area contributed by atoms with E-state index in [4.69, 9.17) is 9.47 Å². The maximum atomic E-state index is 13.9. The molecule has 10 heteroatoms. The molecule has 0 aliphatic heterocycles. The highest BCUT2D eigenvalue weighted by Gasteiger charge is 2.33. The van der Waals surface area contributed by atoms with Crippen LogP contribution < -0.4 is 19.1 Å². The van der Waals surface area contributed by atoms with Crippen molar-refractivity contribution in [1.82, 2.24) is 10.2 Å². The molecule has 0 aliphatic rings. The number of hydrogen-bond donors (Lipinski definition) is 1. The Hall–Kier alpha value is -4.05. The normalized spacial score (nSPS) is 12.2. The van der Waals surface area contributed by atoms with Crippen LogP contribution in [0.2, 0.25) is 0 Å². The zero-order chi connectivity index (χ0) is 30.9. The smallest absolute Gasteiger partial charge is 0.244 e. The molecule has 0 bridgehead atoms. The van der Waals surface area contributed by atoms with Gasteiger partial charge in [0.2, 0.25) is 21.8 Å². The Morgan fingerprint density at radius 1 is 0.881 bits per heavy atom. The number of benzene rings is 3. The molecule has 0 aliphatic carbocycles. The quantitative estimate of drug-likeness (QED) is 0.306. The van der Waals surface area contributed by atoms with Crippen molar-refractivity contribution in [1.29, 1.82) is 0 Å². The van der Waals surface area contributed by atoms with Gasteiger partial charge in [0.05, 0.1) is 19.1 Å². The first-order valence-corrected chi connectivity index (χ1v) is 15.6. The maximum absolute atomic E-state index is 13.9. The minimum Gasteiger partial charge on any atom is -0.497 e. The fraction of sp³-hybridized carbons (Fsp3) is 0.375. The molecule has 0 unspecified atom stereocenters. The van der Waals surface area contributed by atoms with Gasteiger partial charge in [0.25, 0.3) is 0 Å². The number of amides is 2. The van der Waals surface area contributed by atoms with Crippen LogP contribution in [-0.4, -0.2) is 56.6 Å². The molecule has 1 atom stereocenters. The van der Waals surface area contributed by atoms with E-state index in [0.717, 1.165) is 21.7 Å². The van der Waals surface area contributed by atoms with Crippen molar-refractivity contribution in [3.8, 4) is 11.5 Å². The summed E-state index contributed by atoms with van der Waals surface area (Å²) in [6, 6.07) is 22.6. The number of sulfonamides is 1. The Bertz CT molecular complexity index is 1420. The van der Waals surface area contributed by atoms with Crippen molar-refractivity contribution in [2.45, 2.75) is 58.8 Å². The molecule has 0 fully saturated rings. The molecule has 3 rings (SSSR count). The summed E-state index contributed by atoms with van der Waals surface area (Å²) >= 11 is 0. The molecule has 1 N–H and O–H groups in total. The lowest BCUT2D eigenvalue weighted by atomic mass is 10.1. The van der Waals surface area contributed by atoms with Crippen molar-refractivity contribution in [3.05, 3.63) is 90.0 Å². The third-order valence-electron chi connectivity index (χ3n) is 6.45.